The van der Waals surface area contributed by atoms with Crippen molar-refractivity contribution in [2.24, 2.45) is 0 Å². The van der Waals surface area contributed by atoms with Gasteiger partial charge in [0, 0.05) is 22.0 Å². The van der Waals surface area contributed by atoms with Gasteiger partial charge < -0.3 is 9.73 Å². The molecule has 5 nitrogen and oxygen atoms in total. The Labute approximate surface area is 145 Å². The summed E-state index contributed by atoms with van der Waals surface area (Å²) in [6.45, 7) is 1.82. The molecule has 0 spiro atoms. The minimum atomic E-state index is -0.512. The third kappa shape index (κ3) is 2.36. The molecule has 1 amide bonds. The molecule has 2 aromatic heterocycles. The zero-order valence-corrected chi connectivity index (χ0v) is 14.3. The maximum absolute atomic E-state index is 13.9. The molecule has 0 fully saturated rings. The standard InChI is InChI=1S/C17H13BrFN3O2/c1-8-14-13(5-2-9-7-20-22-15(9)14)24-16(8)17(23)21-12-4-3-10(18)6-11(12)19/h3-4,6-7H,2,5H2,1H3,(H,20,22)(H,21,23). The molecule has 3 aromatic rings. The first-order valence-corrected chi connectivity index (χ1v) is 8.25. The predicted octanol–water partition coefficient (Wildman–Crippen LogP) is 4.23. The van der Waals surface area contributed by atoms with Crippen LogP contribution >= 0.6 is 15.9 Å². The number of halogens is 2. The van der Waals surface area contributed by atoms with Crippen LogP contribution in [-0.4, -0.2) is 16.1 Å². The van der Waals surface area contributed by atoms with Gasteiger partial charge in [0.15, 0.2) is 5.76 Å². The van der Waals surface area contributed by atoms with Gasteiger partial charge in [-0.3, -0.25) is 9.89 Å². The number of nitrogens with zero attached hydrogens (tertiary/aromatic N) is 1. The van der Waals surface area contributed by atoms with E-state index in [1.54, 1.807) is 12.3 Å². The van der Waals surface area contributed by atoms with E-state index in [1.165, 1.54) is 12.1 Å². The summed E-state index contributed by atoms with van der Waals surface area (Å²) < 4.78 is 20.3. The Kier molecular flexibility index (Phi) is 3.53. The highest BCUT2D eigenvalue weighted by molar-refractivity contribution is 9.10. The van der Waals surface area contributed by atoms with Crippen LogP contribution in [0.2, 0.25) is 0 Å². The van der Waals surface area contributed by atoms with Crippen LogP contribution in [0.5, 0.6) is 0 Å². The van der Waals surface area contributed by atoms with E-state index in [-0.39, 0.29) is 11.4 Å². The lowest BCUT2D eigenvalue weighted by atomic mass is 9.93. The summed E-state index contributed by atoms with van der Waals surface area (Å²) in [7, 11) is 0. The molecule has 4 rings (SSSR count). The SMILES string of the molecule is Cc1c(C(=O)Nc2ccc(Br)cc2F)oc2c1-c1[nH]ncc1CC2. The molecule has 0 aliphatic heterocycles. The van der Waals surface area contributed by atoms with Crippen molar-refractivity contribution in [3.05, 3.63) is 57.3 Å². The summed E-state index contributed by atoms with van der Waals surface area (Å²) in [6.07, 6.45) is 3.32. The van der Waals surface area contributed by atoms with Crippen LogP contribution in [0.15, 0.2) is 33.3 Å². The summed E-state index contributed by atoms with van der Waals surface area (Å²) in [4.78, 5) is 12.5. The van der Waals surface area contributed by atoms with Crippen molar-refractivity contribution < 1.29 is 13.6 Å². The van der Waals surface area contributed by atoms with Gasteiger partial charge in [-0.05, 0) is 37.1 Å². The van der Waals surface area contributed by atoms with Gasteiger partial charge in [-0.1, -0.05) is 15.9 Å². The second kappa shape index (κ2) is 5.59. The van der Waals surface area contributed by atoms with Crippen molar-refractivity contribution in [2.75, 3.05) is 5.32 Å². The third-order valence-corrected chi connectivity index (χ3v) is 4.69. The molecular formula is C17H13BrFN3O2. The first-order valence-electron chi connectivity index (χ1n) is 7.46. The fraction of sp³-hybridized carbons (Fsp3) is 0.176. The number of carbonyl (C=O) groups excluding carboxylic acids is 1. The molecule has 0 bridgehead atoms. The number of furan rings is 1. The van der Waals surface area contributed by atoms with Crippen molar-refractivity contribution in [1.29, 1.82) is 0 Å². The van der Waals surface area contributed by atoms with E-state index in [0.717, 1.165) is 34.6 Å². The number of fused-ring (bicyclic) bond motifs is 3. The third-order valence-electron chi connectivity index (χ3n) is 4.19. The molecular weight excluding hydrogens is 377 g/mol. The number of nitrogens with one attached hydrogen (secondary N) is 2. The summed E-state index contributed by atoms with van der Waals surface area (Å²) in [5.41, 5.74) is 3.73. The van der Waals surface area contributed by atoms with Crippen molar-refractivity contribution in [3.63, 3.8) is 0 Å². The monoisotopic (exact) mass is 389 g/mol. The van der Waals surface area contributed by atoms with Crippen molar-refractivity contribution in [1.82, 2.24) is 10.2 Å². The van der Waals surface area contributed by atoms with E-state index in [1.807, 2.05) is 6.92 Å². The van der Waals surface area contributed by atoms with Gasteiger partial charge >= 0.3 is 0 Å². The number of anilines is 1. The average molecular weight is 390 g/mol. The van der Waals surface area contributed by atoms with E-state index in [9.17, 15) is 9.18 Å². The van der Waals surface area contributed by atoms with E-state index in [0.29, 0.717) is 10.9 Å². The quantitative estimate of drug-likeness (QED) is 0.688. The second-order valence-electron chi connectivity index (χ2n) is 5.70. The van der Waals surface area contributed by atoms with Crippen LogP contribution in [0.3, 0.4) is 0 Å². The molecule has 2 heterocycles. The molecule has 24 heavy (non-hydrogen) atoms. The molecule has 0 saturated heterocycles. The molecule has 1 aliphatic carbocycles. The molecule has 122 valence electrons. The zero-order chi connectivity index (χ0) is 16.8. The highest BCUT2D eigenvalue weighted by Gasteiger charge is 2.28. The Hall–Kier alpha value is -2.41. The van der Waals surface area contributed by atoms with Crippen LogP contribution in [0.4, 0.5) is 10.1 Å². The van der Waals surface area contributed by atoms with Crippen LogP contribution < -0.4 is 5.32 Å². The number of benzene rings is 1. The number of rotatable bonds is 2. The van der Waals surface area contributed by atoms with Crippen molar-refractivity contribution in [2.45, 2.75) is 19.8 Å². The van der Waals surface area contributed by atoms with Gasteiger partial charge in [0.05, 0.1) is 17.6 Å². The molecule has 0 saturated carbocycles. The number of aromatic amines is 1. The van der Waals surface area contributed by atoms with Gasteiger partial charge in [0.25, 0.3) is 5.91 Å². The summed E-state index contributed by atoms with van der Waals surface area (Å²) in [5.74, 6) is -0.0258. The highest BCUT2D eigenvalue weighted by Crippen LogP contribution is 2.38. The number of hydrogen-bond acceptors (Lipinski definition) is 3. The number of aryl methyl sites for hydroxylation is 2. The van der Waals surface area contributed by atoms with Gasteiger partial charge in [-0.25, -0.2) is 4.39 Å². The summed E-state index contributed by atoms with van der Waals surface area (Å²) in [6, 6.07) is 4.46. The molecule has 7 heteroatoms. The highest BCUT2D eigenvalue weighted by atomic mass is 79.9. The summed E-state index contributed by atoms with van der Waals surface area (Å²) >= 11 is 3.19. The maximum Gasteiger partial charge on any atom is 0.291 e. The molecule has 0 radical (unpaired) electrons. The van der Waals surface area contributed by atoms with Crippen LogP contribution in [0, 0.1) is 12.7 Å². The normalized spacial score (nSPS) is 12.6. The Bertz CT molecular complexity index is 961. The first-order chi connectivity index (χ1) is 11.5. The van der Waals surface area contributed by atoms with E-state index < -0.39 is 11.7 Å². The maximum atomic E-state index is 13.9. The van der Waals surface area contributed by atoms with Crippen LogP contribution in [0.25, 0.3) is 11.3 Å². The van der Waals surface area contributed by atoms with E-state index in [2.05, 4.69) is 31.4 Å². The molecule has 1 aliphatic rings. The average Bonchev–Trinajstić information content (AvgIpc) is 3.14. The number of aromatic nitrogens is 2. The second-order valence-corrected chi connectivity index (χ2v) is 6.62. The van der Waals surface area contributed by atoms with Gasteiger partial charge in [-0.2, -0.15) is 5.10 Å². The number of carbonyl (C=O) groups is 1. The van der Waals surface area contributed by atoms with Crippen molar-refractivity contribution >= 4 is 27.5 Å². The molecule has 2 N–H and O–H groups in total. The molecule has 0 atom stereocenters. The lowest BCUT2D eigenvalue weighted by Gasteiger charge is -2.09. The Morgan fingerprint density at radius 3 is 3.04 bits per heavy atom. The Balaban J connectivity index is 1.70. The number of amides is 1. The summed E-state index contributed by atoms with van der Waals surface area (Å²) in [5, 5.41) is 9.60. The number of hydrogen-bond donors (Lipinski definition) is 2. The zero-order valence-electron chi connectivity index (χ0n) is 12.7. The smallest absolute Gasteiger partial charge is 0.291 e. The topological polar surface area (TPSA) is 70.9 Å². The van der Waals surface area contributed by atoms with Crippen LogP contribution in [0.1, 0.15) is 27.4 Å². The Morgan fingerprint density at radius 1 is 1.42 bits per heavy atom. The lowest BCUT2D eigenvalue weighted by Crippen LogP contribution is -2.13. The van der Waals surface area contributed by atoms with Crippen LogP contribution in [-0.2, 0) is 12.8 Å². The Morgan fingerprint density at radius 2 is 2.25 bits per heavy atom. The van der Waals surface area contributed by atoms with E-state index >= 15 is 0 Å². The lowest BCUT2D eigenvalue weighted by molar-refractivity contribution is 0.0993. The minimum absolute atomic E-state index is 0.110. The van der Waals surface area contributed by atoms with E-state index in [4.69, 9.17) is 4.42 Å². The first kappa shape index (κ1) is 15.1. The molecule has 1 aromatic carbocycles. The molecule has 0 unspecified atom stereocenters. The fourth-order valence-electron chi connectivity index (χ4n) is 3.03. The van der Waals surface area contributed by atoms with Gasteiger partial charge in [0.1, 0.15) is 11.6 Å². The predicted molar refractivity (Wildman–Crippen MR) is 90.5 cm³/mol. The number of H-pyrrole nitrogens is 1. The van der Waals surface area contributed by atoms with Gasteiger partial charge in [0.2, 0.25) is 0 Å². The largest absolute Gasteiger partial charge is 0.455 e. The van der Waals surface area contributed by atoms with Crippen molar-refractivity contribution in [3.8, 4) is 11.3 Å². The minimum Gasteiger partial charge on any atom is -0.455 e. The fourth-order valence-corrected chi connectivity index (χ4v) is 3.36. The van der Waals surface area contributed by atoms with Gasteiger partial charge in [-0.15, -0.1) is 0 Å².